The molecule has 3 N–H and O–H groups in total. The number of aromatic hydroxyl groups is 1. The van der Waals surface area contributed by atoms with E-state index in [0.717, 1.165) is 18.2 Å². The van der Waals surface area contributed by atoms with Crippen LogP contribution in [0.3, 0.4) is 0 Å². The van der Waals surface area contributed by atoms with E-state index >= 15 is 0 Å². The van der Waals surface area contributed by atoms with E-state index in [2.05, 4.69) is 0 Å². The molecule has 0 bridgehead atoms. The van der Waals surface area contributed by atoms with Crippen LogP contribution in [-0.4, -0.2) is 21.4 Å². The van der Waals surface area contributed by atoms with Crippen LogP contribution in [0.1, 0.15) is 11.7 Å². The number of aliphatic hydroxyl groups excluding tert-OH is 2. The van der Waals surface area contributed by atoms with Gasteiger partial charge in [-0.25, -0.2) is 4.39 Å². The molecule has 0 aliphatic carbocycles. The summed E-state index contributed by atoms with van der Waals surface area (Å²) in [6.45, 7) is 0. The van der Waals surface area contributed by atoms with Crippen LogP contribution >= 0.6 is 0 Å². The molecular formula is C9H8FNO3. The summed E-state index contributed by atoms with van der Waals surface area (Å²) in [5.41, 5.74) is -0.306. The zero-order valence-corrected chi connectivity index (χ0v) is 7.05. The fraction of sp³-hybridized carbons (Fsp3) is 0.222. The van der Waals surface area contributed by atoms with Crippen molar-refractivity contribution >= 4 is 0 Å². The molecule has 4 nitrogen and oxygen atoms in total. The molecule has 0 spiro atoms. The lowest BCUT2D eigenvalue weighted by atomic mass is 10.0. The van der Waals surface area contributed by atoms with Crippen LogP contribution in [-0.2, 0) is 0 Å². The summed E-state index contributed by atoms with van der Waals surface area (Å²) >= 11 is 0. The van der Waals surface area contributed by atoms with E-state index in [9.17, 15) is 9.50 Å². The molecule has 1 rings (SSSR count). The molecule has 1 aromatic rings. The van der Waals surface area contributed by atoms with Crippen LogP contribution in [0.15, 0.2) is 18.2 Å². The Labute approximate surface area is 79.5 Å². The van der Waals surface area contributed by atoms with E-state index in [4.69, 9.17) is 15.5 Å². The van der Waals surface area contributed by atoms with Crippen LogP contribution in [0, 0.1) is 17.1 Å². The zero-order chi connectivity index (χ0) is 10.7. The molecule has 0 heterocycles. The van der Waals surface area contributed by atoms with Gasteiger partial charge < -0.3 is 15.3 Å². The van der Waals surface area contributed by atoms with Crippen LogP contribution in [0.5, 0.6) is 5.75 Å². The Morgan fingerprint density at radius 1 is 1.36 bits per heavy atom. The third kappa shape index (κ3) is 1.99. The van der Waals surface area contributed by atoms with Gasteiger partial charge in [0.25, 0.3) is 0 Å². The molecular weight excluding hydrogens is 189 g/mol. The molecule has 5 heteroatoms. The summed E-state index contributed by atoms with van der Waals surface area (Å²) in [7, 11) is 0. The SMILES string of the molecule is N#CC(O)C(O)c1cc(O)ccc1F. The third-order valence-corrected chi connectivity index (χ3v) is 1.73. The van der Waals surface area contributed by atoms with Gasteiger partial charge in [-0.2, -0.15) is 5.26 Å². The Morgan fingerprint density at radius 3 is 2.57 bits per heavy atom. The Kier molecular flexibility index (Phi) is 3.02. The summed E-state index contributed by atoms with van der Waals surface area (Å²) in [5.74, 6) is -1.03. The van der Waals surface area contributed by atoms with E-state index in [0.29, 0.717) is 0 Å². The minimum absolute atomic E-state index is 0.245. The maximum Gasteiger partial charge on any atom is 0.170 e. The lowest BCUT2D eigenvalue weighted by Crippen LogP contribution is -2.16. The number of hydrogen-bond acceptors (Lipinski definition) is 4. The summed E-state index contributed by atoms with van der Waals surface area (Å²) in [6, 6.07) is 4.37. The van der Waals surface area contributed by atoms with E-state index in [1.54, 1.807) is 0 Å². The summed E-state index contributed by atoms with van der Waals surface area (Å²) in [4.78, 5) is 0. The largest absolute Gasteiger partial charge is 0.508 e. The Bertz CT molecular complexity index is 375. The lowest BCUT2D eigenvalue weighted by molar-refractivity contribution is 0.0502. The van der Waals surface area contributed by atoms with Gasteiger partial charge in [-0.05, 0) is 18.2 Å². The summed E-state index contributed by atoms with van der Waals surface area (Å²) in [6.07, 6.45) is -3.38. The van der Waals surface area contributed by atoms with Crippen molar-refractivity contribution in [3.8, 4) is 11.8 Å². The Morgan fingerprint density at radius 2 is 2.00 bits per heavy atom. The molecule has 0 aliphatic heterocycles. The second kappa shape index (κ2) is 4.05. The van der Waals surface area contributed by atoms with Gasteiger partial charge in [-0.1, -0.05) is 0 Å². The number of halogens is 1. The molecule has 14 heavy (non-hydrogen) atoms. The molecule has 74 valence electrons. The first-order chi connectivity index (χ1) is 6.56. The van der Waals surface area contributed by atoms with Crippen molar-refractivity contribution in [3.63, 3.8) is 0 Å². The Balaban J connectivity index is 3.07. The normalized spacial score (nSPS) is 14.4. The number of nitriles is 1. The van der Waals surface area contributed by atoms with E-state index in [1.165, 1.54) is 6.07 Å². The topological polar surface area (TPSA) is 84.5 Å². The third-order valence-electron chi connectivity index (χ3n) is 1.73. The first-order valence-electron chi connectivity index (χ1n) is 3.80. The number of hydrogen-bond donors (Lipinski definition) is 3. The van der Waals surface area contributed by atoms with Gasteiger partial charge in [-0.3, -0.25) is 0 Å². The lowest BCUT2D eigenvalue weighted by Gasteiger charge is -2.12. The number of benzene rings is 1. The van der Waals surface area contributed by atoms with Crippen molar-refractivity contribution < 1.29 is 19.7 Å². The fourth-order valence-corrected chi connectivity index (χ4v) is 0.998. The summed E-state index contributed by atoms with van der Waals surface area (Å²) < 4.78 is 13.0. The minimum atomic E-state index is -1.72. The highest BCUT2D eigenvalue weighted by atomic mass is 19.1. The molecule has 0 aliphatic rings. The van der Waals surface area contributed by atoms with E-state index < -0.39 is 18.0 Å². The van der Waals surface area contributed by atoms with E-state index in [-0.39, 0.29) is 11.3 Å². The monoisotopic (exact) mass is 197 g/mol. The number of rotatable bonds is 2. The van der Waals surface area contributed by atoms with Gasteiger partial charge in [0.2, 0.25) is 0 Å². The van der Waals surface area contributed by atoms with Gasteiger partial charge in [-0.15, -0.1) is 0 Å². The molecule has 0 amide bonds. The number of nitrogens with zero attached hydrogens (tertiary/aromatic N) is 1. The fourth-order valence-electron chi connectivity index (χ4n) is 0.998. The predicted octanol–water partition coefficient (Wildman–Crippen LogP) is 0.449. The highest BCUT2D eigenvalue weighted by molar-refractivity contribution is 5.31. The van der Waals surface area contributed by atoms with Crippen molar-refractivity contribution in [1.82, 2.24) is 0 Å². The van der Waals surface area contributed by atoms with E-state index in [1.807, 2.05) is 0 Å². The summed E-state index contributed by atoms with van der Waals surface area (Å²) in [5, 5.41) is 35.5. The first kappa shape index (κ1) is 10.4. The van der Waals surface area contributed by atoms with Crippen LogP contribution < -0.4 is 0 Å². The number of aliphatic hydroxyl groups is 2. The number of phenols is 1. The number of phenolic OH excluding ortho intramolecular Hbond substituents is 1. The maximum atomic E-state index is 13.0. The van der Waals surface area contributed by atoms with Crippen molar-refractivity contribution in [2.45, 2.75) is 12.2 Å². The van der Waals surface area contributed by atoms with Crippen LogP contribution in [0.25, 0.3) is 0 Å². The standard InChI is InChI=1S/C9H8FNO3/c10-7-2-1-5(12)3-6(7)9(14)8(13)4-11/h1-3,8-9,12-14H. The molecule has 2 unspecified atom stereocenters. The zero-order valence-electron chi connectivity index (χ0n) is 7.05. The van der Waals surface area contributed by atoms with Crippen molar-refractivity contribution in [2.24, 2.45) is 0 Å². The average molecular weight is 197 g/mol. The molecule has 0 saturated heterocycles. The van der Waals surface area contributed by atoms with Crippen molar-refractivity contribution in [3.05, 3.63) is 29.6 Å². The highest BCUT2D eigenvalue weighted by Gasteiger charge is 2.21. The second-order valence-corrected chi connectivity index (χ2v) is 2.72. The van der Waals surface area contributed by atoms with Gasteiger partial charge in [0, 0.05) is 5.56 Å². The molecule has 1 aromatic carbocycles. The van der Waals surface area contributed by atoms with Gasteiger partial charge in [0.15, 0.2) is 6.10 Å². The van der Waals surface area contributed by atoms with Gasteiger partial charge in [0.05, 0.1) is 6.07 Å². The van der Waals surface area contributed by atoms with Crippen molar-refractivity contribution in [1.29, 1.82) is 5.26 Å². The molecule has 0 radical (unpaired) electrons. The first-order valence-corrected chi connectivity index (χ1v) is 3.80. The Hall–Kier alpha value is -1.64. The maximum absolute atomic E-state index is 13.0. The van der Waals surface area contributed by atoms with Crippen molar-refractivity contribution in [2.75, 3.05) is 0 Å². The van der Waals surface area contributed by atoms with Gasteiger partial charge in [0.1, 0.15) is 17.7 Å². The highest BCUT2D eigenvalue weighted by Crippen LogP contribution is 2.23. The van der Waals surface area contributed by atoms with Gasteiger partial charge >= 0.3 is 0 Å². The van der Waals surface area contributed by atoms with Crippen LogP contribution in [0.4, 0.5) is 4.39 Å². The van der Waals surface area contributed by atoms with Crippen LogP contribution in [0.2, 0.25) is 0 Å². The molecule has 0 fully saturated rings. The molecule has 2 atom stereocenters. The second-order valence-electron chi connectivity index (χ2n) is 2.72. The molecule has 0 aromatic heterocycles. The minimum Gasteiger partial charge on any atom is -0.508 e. The average Bonchev–Trinajstić information content (AvgIpc) is 2.19. The molecule has 0 saturated carbocycles. The quantitative estimate of drug-likeness (QED) is 0.601. The predicted molar refractivity (Wildman–Crippen MR) is 44.6 cm³/mol. The smallest absolute Gasteiger partial charge is 0.170 e.